The average Bonchev–Trinajstić information content (AvgIpc) is 2.48. The minimum absolute atomic E-state index is 0.596. The lowest BCUT2D eigenvalue weighted by Gasteiger charge is -2.02. The molecule has 15 heavy (non-hydrogen) atoms. The van der Waals surface area contributed by atoms with Crippen molar-refractivity contribution >= 4 is 21.7 Å². The Morgan fingerprint density at radius 2 is 2.27 bits per heavy atom. The van der Waals surface area contributed by atoms with Gasteiger partial charge in [0.2, 0.25) is 0 Å². The van der Waals surface area contributed by atoms with E-state index in [0.29, 0.717) is 12.4 Å². The molecule has 0 spiro atoms. The molecule has 0 unspecified atom stereocenters. The lowest BCUT2D eigenvalue weighted by atomic mass is 10.3. The molecule has 0 aliphatic carbocycles. The van der Waals surface area contributed by atoms with Crippen LogP contribution in [0.5, 0.6) is 0 Å². The zero-order valence-corrected chi connectivity index (χ0v) is 9.90. The number of hydrogen-bond donors (Lipinski definition) is 1. The van der Waals surface area contributed by atoms with Crippen LogP contribution in [0.3, 0.4) is 0 Å². The van der Waals surface area contributed by atoms with E-state index in [1.807, 2.05) is 25.1 Å². The Labute approximate surface area is 96.3 Å². The summed E-state index contributed by atoms with van der Waals surface area (Å²) >= 11 is 3.38. The molecule has 78 valence electrons. The van der Waals surface area contributed by atoms with Gasteiger partial charge in [0, 0.05) is 6.20 Å². The summed E-state index contributed by atoms with van der Waals surface area (Å²) in [5, 5.41) is 4.31. The van der Waals surface area contributed by atoms with E-state index in [2.05, 4.69) is 26.0 Å². The minimum atomic E-state index is 0.596. The normalized spacial score (nSPS) is 10.5. The first kappa shape index (κ1) is 10.2. The standard InChI is InChI=1S/C10H11BrN4/c1-7-9(11)10(12)15(14-7)6-8-4-2-3-5-13-8/h2-5H,6,12H2,1H3. The maximum Gasteiger partial charge on any atom is 0.136 e. The highest BCUT2D eigenvalue weighted by Gasteiger charge is 2.09. The fourth-order valence-electron chi connectivity index (χ4n) is 1.34. The Kier molecular flexibility index (Phi) is 2.73. The number of aromatic nitrogens is 3. The van der Waals surface area contributed by atoms with E-state index >= 15 is 0 Å². The van der Waals surface area contributed by atoms with Crippen molar-refractivity contribution in [1.29, 1.82) is 0 Å². The molecular formula is C10H11BrN4. The van der Waals surface area contributed by atoms with Crippen LogP contribution in [0.4, 0.5) is 5.82 Å². The quantitative estimate of drug-likeness (QED) is 0.905. The Bertz CT molecular complexity index is 464. The van der Waals surface area contributed by atoms with Crippen LogP contribution in [-0.4, -0.2) is 14.8 Å². The highest BCUT2D eigenvalue weighted by atomic mass is 79.9. The number of halogens is 1. The third kappa shape index (κ3) is 2.02. The van der Waals surface area contributed by atoms with Gasteiger partial charge >= 0.3 is 0 Å². The monoisotopic (exact) mass is 266 g/mol. The molecule has 0 aromatic carbocycles. The lowest BCUT2D eigenvalue weighted by Crippen LogP contribution is -2.07. The second-order valence-corrected chi connectivity index (χ2v) is 4.06. The second-order valence-electron chi connectivity index (χ2n) is 3.26. The van der Waals surface area contributed by atoms with E-state index < -0.39 is 0 Å². The fourth-order valence-corrected chi connectivity index (χ4v) is 1.63. The fraction of sp³-hybridized carbons (Fsp3) is 0.200. The molecule has 2 aromatic rings. The molecule has 2 heterocycles. The number of rotatable bonds is 2. The smallest absolute Gasteiger partial charge is 0.136 e. The van der Waals surface area contributed by atoms with Crippen LogP contribution >= 0.6 is 15.9 Å². The first-order chi connectivity index (χ1) is 7.18. The third-order valence-corrected chi connectivity index (χ3v) is 3.11. The van der Waals surface area contributed by atoms with Gasteiger partial charge in [-0.25, -0.2) is 4.68 Å². The summed E-state index contributed by atoms with van der Waals surface area (Å²) in [6.07, 6.45) is 1.76. The van der Waals surface area contributed by atoms with Crippen molar-refractivity contribution in [3.63, 3.8) is 0 Å². The average molecular weight is 267 g/mol. The number of nitrogens with two attached hydrogens (primary N) is 1. The number of aryl methyl sites for hydroxylation is 1. The van der Waals surface area contributed by atoms with Crippen molar-refractivity contribution in [3.8, 4) is 0 Å². The molecule has 0 aliphatic heterocycles. The predicted octanol–water partition coefficient (Wildman–Crippen LogP) is 1.98. The van der Waals surface area contributed by atoms with E-state index in [4.69, 9.17) is 5.73 Å². The van der Waals surface area contributed by atoms with Gasteiger partial charge in [-0.15, -0.1) is 0 Å². The highest BCUT2D eigenvalue weighted by molar-refractivity contribution is 9.10. The first-order valence-electron chi connectivity index (χ1n) is 4.57. The number of anilines is 1. The minimum Gasteiger partial charge on any atom is -0.383 e. The van der Waals surface area contributed by atoms with Crippen LogP contribution in [0.1, 0.15) is 11.4 Å². The van der Waals surface area contributed by atoms with Gasteiger partial charge in [-0.3, -0.25) is 4.98 Å². The molecule has 0 amide bonds. The molecular weight excluding hydrogens is 256 g/mol. The van der Waals surface area contributed by atoms with Crippen LogP contribution in [0, 0.1) is 6.92 Å². The van der Waals surface area contributed by atoms with Crippen LogP contribution in [0.25, 0.3) is 0 Å². The third-order valence-electron chi connectivity index (χ3n) is 2.13. The van der Waals surface area contributed by atoms with Crippen LogP contribution in [0.2, 0.25) is 0 Å². The van der Waals surface area contributed by atoms with E-state index in [0.717, 1.165) is 15.9 Å². The summed E-state index contributed by atoms with van der Waals surface area (Å²) in [5.74, 6) is 0.637. The Balaban J connectivity index is 2.29. The molecule has 0 saturated carbocycles. The molecule has 0 bridgehead atoms. The van der Waals surface area contributed by atoms with Gasteiger partial charge in [-0.1, -0.05) is 6.07 Å². The van der Waals surface area contributed by atoms with Gasteiger partial charge in [-0.05, 0) is 35.0 Å². The molecule has 5 heteroatoms. The van der Waals surface area contributed by atoms with Gasteiger partial charge < -0.3 is 5.73 Å². The summed E-state index contributed by atoms with van der Waals surface area (Å²) in [7, 11) is 0. The molecule has 2 aromatic heterocycles. The van der Waals surface area contributed by atoms with Crippen molar-refractivity contribution in [1.82, 2.24) is 14.8 Å². The maximum absolute atomic E-state index is 5.88. The van der Waals surface area contributed by atoms with E-state index in [1.165, 1.54) is 0 Å². The topological polar surface area (TPSA) is 56.7 Å². The van der Waals surface area contributed by atoms with Crippen LogP contribution in [0.15, 0.2) is 28.9 Å². The molecule has 0 fully saturated rings. The van der Waals surface area contributed by atoms with Gasteiger partial charge in [0.1, 0.15) is 5.82 Å². The molecule has 0 saturated heterocycles. The molecule has 0 radical (unpaired) electrons. The number of nitrogens with zero attached hydrogens (tertiary/aromatic N) is 3. The van der Waals surface area contributed by atoms with E-state index in [1.54, 1.807) is 10.9 Å². The zero-order valence-electron chi connectivity index (χ0n) is 8.31. The summed E-state index contributed by atoms with van der Waals surface area (Å²) < 4.78 is 2.60. The van der Waals surface area contributed by atoms with Crippen molar-refractivity contribution in [2.45, 2.75) is 13.5 Å². The summed E-state index contributed by atoms with van der Waals surface area (Å²) in [5.41, 5.74) is 7.71. The van der Waals surface area contributed by atoms with Crippen molar-refractivity contribution in [2.75, 3.05) is 5.73 Å². The molecule has 4 nitrogen and oxygen atoms in total. The van der Waals surface area contributed by atoms with Gasteiger partial charge in [0.15, 0.2) is 0 Å². The number of hydrogen-bond acceptors (Lipinski definition) is 3. The number of nitrogen functional groups attached to an aromatic ring is 1. The molecule has 0 aliphatic rings. The van der Waals surface area contributed by atoms with Gasteiger partial charge in [-0.2, -0.15) is 5.10 Å². The molecule has 2 rings (SSSR count). The molecule has 2 N–H and O–H groups in total. The van der Waals surface area contributed by atoms with Crippen molar-refractivity contribution in [3.05, 3.63) is 40.3 Å². The van der Waals surface area contributed by atoms with Gasteiger partial charge in [0.05, 0.1) is 22.4 Å². The summed E-state index contributed by atoms with van der Waals surface area (Å²) in [4.78, 5) is 4.22. The predicted molar refractivity (Wildman–Crippen MR) is 62.4 cm³/mol. The van der Waals surface area contributed by atoms with Crippen LogP contribution in [-0.2, 0) is 6.54 Å². The second kappa shape index (κ2) is 4.02. The van der Waals surface area contributed by atoms with Gasteiger partial charge in [0.25, 0.3) is 0 Å². The largest absolute Gasteiger partial charge is 0.383 e. The Morgan fingerprint density at radius 1 is 1.47 bits per heavy atom. The van der Waals surface area contributed by atoms with Crippen molar-refractivity contribution in [2.24, 2.45) is 0 Å². The Morgan fingerprint density at radius 3 is 2.80 bits per heavy atom. The number of pyridine rings is 1. The van der Waals surface area contributed by atoms with Crippen LogP contribution < -0.4 is 5.73 Å². The highest BCUT2D eigenvalue weighted by Crippen LogP contribution is 2.23. The Hall–Kier alpha value is -1.36. The van der Waals surface area contributed by atoms with E-state index in [-0.39, 0.29) is 0 Å². The van der Waals surface area contributed by atoms with Crippen molar-refractivity contribution < 1.29 is 0 Å². The van der Waals surface area contributed by atoms with E-state index in [9.17, 15) is 0 Å². The summed E-state index contributed by atoms with van der Waals surface area (Å²) in [6.45, 7) is 2.51. The molecule has 0 atom stereocenters. The SMILES string of the molecule is Cc1nn(Cc2ccccn2)c(N)c1Br. The zero-order chi connectivity index (χ0) is 10.8. The maximum atomic E-state index is 5.88. The first-order valence-corrected chi connectivity index (χ1v) is 5.36. The summed E-state index contributed by atoms with van der Waals surface area (Å²) in [6, 6.07) is 5.78. The lowest BCUT2D eigenvalue weighted by molar-refractivity contribution is 0.675.